The summed E-state index contributed by atoms with van der Waals surface area (Å²) < 4.78 is 11.7. The van der Waals surface area contributed by atoms with Gasteiger partial charge >= 0.3 is 0 Å². The third-order valence-corrected chi connectivity index (χ3v) is 6.23. The number of guanidine groups is 1. The van der Waals surface area contributed by atoms with E-state index in [4.69, 9.17) is 26.8 Å². The van der Waals surface area contributed by atoms with Gasteiger partial charge in [-0.1, -0.05) is 23.7 Å². The van der Waals surface area contributed by atoms with Gasteiger partial charge in [-0.25, -0.2) is 9.97 Å². The fraction of sp³-hybridized carbons (Fsp3) is 0.375. The maximum atomic E-state index is 6.29. The Labute approximate surface area is 198 Å². The van der Waals surface area contributed by atoms with E-state index in [0.29, 0.717) is 51.5 Å². The number of ether oxygens (including phenoxy) is 2. The molecule has 4 rings (SSSR count). The summed E-state index contributed by atoms with van der Waals surface area (Å²) in [6, 6.07) is 9.33. The first-order valence-corrected chi connectivity index (χ1v) is 11.3. The number of hydrogen-bond donors (Lipinski definition) is 2. The summed E-state index contributed by atoms with van der Waals surface area (Å²) >= 11 is 6.29. The number of para-hydroxylation sites is 1. The summed E-state index contributed by atoms with van der Waals surface area (Å²) in [5.41, 5.74) is 8.53. The third-order valence-electron chi connectivity index (χ3n) is 5.91. The zero-order chi connectivity index (χ0) is 23.4. The molecule has 0 unspecified atom stereocenters. The van der Waals surface area contributed by atoms with Crippen LogP contribution in [0.4, 0.5) is 11.5 Å². The lowest BCUT2D eigenvalue weighted by Gasteiger charge is -2.28. The first-order chi connectivity index (χ1) is 15.9. The summed E-state index contributed by atoms with van der Waals surface area (Å²) in [6.45, 7) is 4.79. The molecule has 0 spiro atoms. The summed E-state index contributed by atoms with van der Waals surface area (Å²) in [5, 5.41) is 4.34. The predicted octanol–water partition coefficient (Wildman–Crippen LogP) is 4.38. The minimum absolute atomic E-state index is 0.174. The first-order valence-electron chi connectivity index (χ1n) is 10.9. The maximum absolute atomic E-state index is 6.29. The van der Waals surface area contributed by atoms with Crippen molar-refractivity contribution in [3.63, 3.8) is 0 Å². The molecule has 1 fully saturated rings. The number of likely N-dealkylation sites (tertiary alicyclic amines) is 1. The van der Waals surface area contributed by atoms with E-state index in [1.807, 2.05) is 31.2 Å². The smallest absolute Gasteiger partial charge is 0.199 e. The lowest BCUT2D eigenvalue weighted by molar-refractivity contribution is 0.157. The second-order valence-electron chi connectivity index (χ2n) is 8.33. The molecular weight excluding hydrogens is 440 g/mol. The number of aromatic nitrogens is 2. The monoisotopic (exact) mass is 468 g/mol. The molecule has 8 nitrogen and oxygen atoms in total. The Morgan fingerprint density at radius 2 is 2.03 bits per heavy atom. The standard InChI is InChI=1S/C24H29ClN6O2/c1-15-5-4-6-18(25)22(15)29-24(26)30-23-17-11-20(32-3)21(12-19(17)27-14-28-23)33-13-16-7-9-31(2)10-8-16/h4-6,11-12,14,16H,7-10,13H2,1-3H3,(H3,26,27,28,29,30). The molecule has 3 aromatic rings. The highest BCUT2D eigenvalue weighted by molar-refractivity contribution is 6.34. The summed E-state index contributed by atoms with van der Waals surface area (Å²) in [7, 11) is 3.77. The Bertz CT molecular complexity index is 1140. The van der Waals surface area contributed by atoms with Gasteiger partial charge in [0.25, 0.3) is 0 Å². The van der Waals surface area contributed by atoms with Crippen LogP contribution in [0.1, 0.15) is 18.4 Å². The number of hydrogen-bond acceptors (Lipinski definition) is 6. The molecule has 9 heteroatoms. The van der Waals surface area contributed by atoms with Crippen molar-refractivity contribution in [1.82, 2.24) is 14.9 Å². The molecule has 2 heterocycles. The molecule has 1 saturated heterocycles. The Balaban J connectivity index is 1.58. The number of aliphatic imine (C=N–C) groups is 1. The minimum atomic E-state index is 0.174. The van der Waals surface area contributed by atoms with Crippen LogP contribution in [0.3, 0.4) is 0 Å². The Morgan fingerprint density at radius 3 is 2.76 bits per heavy atom. The molecule has 0 aliphatic carbocycles. The van der Waals surface area contributed by atoms with E-state index >= 15 is 0 Å². The molecule has 0 amide bonds. The molecule has 3 N–H and O–H groups in total. The van der Waals surface area contributed by atoms with Gasteiger partial charge in [0.1, 0.15) is 6.33 Å². The van der Waals surface area contributed by atoms with Crippen molar-refractivity contribution < 1.29 is 9.47 Å². The number of aryl methyl sites for hydroxylation is 1. The number of rotatable bonds is 6. The van der Waals surface area contributed by atoms with E-state index in [2.05, 4.69) is 32.2 Å². The number of nitrogens with zero attached hydrogens (tertiary/aromatic N) is 4. The van der Waals surface area contributed by atoms with Crippen LogP contribution in [0, 0.1) is 12.8 Å². The fourth-order valence-corrected chi connectivity index (χ4v) is 4.18. The van der Waals surface area contributed by atoms with Gasteiger partial charge in [-0.2, -0.15) is 4.99 Å². The molecule has 2 aromatic carbocycles. The van der Waals surface area contributed by atoms with Crippen LogP contribution in [-0.4, -0.2) is 54.7 Å². The van der Waals surface area contributed by atoms with Gasteiger partial charge in [-0.15, -0.1) is 0 Å². The van der Waals surface area contributed by atoms with Crippen molar-refractivity contribution >= 4 is 40.0 Å². The average Bonchev–Trinajstić information content (AvgIpc) is 2.81. The van der Waals surface area contributed by atoms with Crippen LogP contribution < -0.4 is 20.5 Å². The minimum Gasteiger partial charge on any atom is -0.493 e. The quantitative estimate of drug-likeness (QED) is 0.409. The van der Waals surface area contributed by atoms with Crippen LogP contribution in [0.15, 0.2) is 41.7 Å². The molecular formula is C24H29ClN6O2. The molecule has 0 saturated carbocycles. The van der Waals surface area contributed by atoms with Gasteiger partial charge < -0.3 is 25.4 Å². The van der Waals surface area contributed by atoms with Crippen LogP contribution in [0.2, 0.25) is 5.02 Å². The zero-order valence-electron chi connectivity index (χ0n) is 19.1. The highest BCUT2D eigenvalue weighted by Gasteiger charge is 2.19. The van der Waals surface area contributed by atoms with E-state index in [0.717, 1.165) is 31.5 Å². The number of anilines is 1. The zero-order valence-corrected chi connectivity index (χ0v) is 19.9. The molecule has 0 bridgehead atoms. The number of benzene rings is 2. The summed E-state index contributed by atoms with van der Waals surface area (Å²) in [5.74, 6) is 2.40. The van der Waals surface area contributed by atoms with E-state index in [-0.39, 0.29) is 5.96 Å². The lowest BCUT2D eigenvalue weighted by atomic mass is 9.98. The number of methoxy groups -OCH3 is 1. The largest absolute Gasteiger partial charge is 0.493 e. The summed E-state index contributed by atoms with van der Waals surface area (Å²) in [4.78, 5) is 15.5. The van der Waals surface area contributed by atoms with Crippen molar-refractivity contribution in [2.75, 3.05) is 39.2 Å². The second kappa shape index (κ2) is 10.2. The van der Waals surface area contributed by atoms with Crippen molar-refractivity contribution in [2.24, 2.45) is 16.6 Å². The third kappa shape index (κ3) is 5.46. The SMILES string of the molecule is COc1cc2c(N=C(N)Nc3c(C)cccc3Cl)ncnc2cc1OCC1CCN(C)CC1. The molecule has 1 aromatic heterocycles. The van der Waals surface area contributed by atoms with Gasteiger partial charge in [0.15, 0.2) is 23.3 Å². The van der Waals surface area contributed by atoms with E-state index in [9.17, 15) is 0 Å². The normalized spacial score (nSPS) is 15.6. The Kier molecular flexibility index (Phi) is 7.15. The summed E-state index contributed by atoms with van der Waals surface area (Å²) in [6.07, 6.45) is 3.72. The van der Waals surface area contributed by atoms with E-state index < -0.39 is 0 Å². The second-order valence-corrected chi connectivity index (χ2v) is 8.74. The average molecular weight is 469 g/mol. The highest BCUT2D eigenvalue weighted by Crippen LogP contribution is 2.35. The number of nitrogens with one attached hydrogen (secondary N) is 1. The van der Waals surface area contributed by atoms with Gasteiger partial charge in [0.2, 0.25) is 0 Å². The molecule has 33 heavy (non-hydrogen) atoms. The topological polar surface area (TPSA) is 97.9 Å². The maximum Gasteiger partial charge on any atom is 0.199 e. The Hall–Kier alpha value is -3.10. The molecule has 174 valence electrons. The number of nitrogens with two attached hydrogens (primary N) is 1. The predicted molar refractivity (Wildman–Crippen MR) is 133 cm³/mol. The van der Waals surface area contributed by atoms with Crippen molar-refractivity contribution in [3.05, 3.63) is 47.2 Å². The Morgan fingerprint density at radius 1 is 1.24 bits per heavy atom. The van der Waals surface area contributed by atoms with Crippen LogP contribution >= 0.6 is 11.6 Å². The molecule has 0 atom stereocenters. The number of halogens is 1. The van der Waals surface area contributed by atoms with Gasteiger partial charge in [0, 0.05) is 11.5 Å². The molecule has 1 aliphatic heterocycles. The fourth-order valence-electron chi connectivity index (χ4n) is 3.91. The van der Waals surface area contributed by atoms with Crippen molar-refractivity contribution in [1.29, 1.82) is 0 Å². The van der Waals surface area contributed by atoms with E-state index in [1.54, 1.807) is 13.2 Å². The lowest BCUT2D eigenvalue weighted by Crippen LogP contribution is -2.32. The van der Waals surface area contributed by atoms with Crippen molar-refractivity contribution in [2.45, 2.75) is 19.8 Å². The van der Waals surface area contributed by atoms with Gasteiger partial charge in [-0.3, -0.25) is 0 Å². The highest BCUT2D eigenvalue weighted by atomic mass is 35.5. The van der Waals surface area contributed by atoms with Crippen LogP contribution in [-0.2, 0) is 0 Å². The van der Waals surface area contributed by atoms with Gasteiger partial charge in [-0.05, 0) is 63.5 Å². The van der Waals surface area contributed by atoms with E-state index in [1.165, 1.54) is 6.33 Å². The molecule has 1 aliphatic rings. The van der Waals surface area contributed by atoms with Crippen LogP contribution in [0.25, 0.3) is 10.9 Å². The van der Waals surface area contributed by atoms with Crippen molar-refractivity contribution in [3.8, 4) is 11.5 Å². The van der Waals surface area contributed by atoms with Gasteiger partial charge in [0.05, 0.1) is 29.9 Å². The number of fused-ring (bicyclic) bond motifs is 1. The number of piperidine rings is 1. The first kappa shape index (κ1) is 23.1. The molecule has 0 radical (unpaired) electrons. The van der Waals surface area contributed by atoms with Crippen LogP contribution in [0.5, 0.6) is 11.5 Å².